The Morgan fingerprint density at radius 2 is 1.72 bits per heavy atom. The second kappa shape index (κ2) is 6.75. The molecule has 3 nitrogen and oxygen atoms in total. The van der Waals surface area contributed by atoms with E-state index in [1.807, 2.05) is 30.3 Å². The van der Waals surface area contributed by atoms with Crippen molar-refractivity contribution in [1.82, 2.24) is 9.88 Å². The lowest BCUT2D eigenvalue weighted by Crippen LogP contribution is -2.27. The number of hydrogen-bond acceptors (Lipinski definition) is 1. The summed E-state index contributed by atoms with van der Waals surface area (Å²) < 4.78 is 2.25. The van der Waals surface area contributed by atoms with E-state index in [9.17, 15) is 4.79 Å². The van der Waals surface area contributed by atoms with Crippen LogP contribution in [0.4, 0.5) is 0 Å². The first-order valence-corrected chi connectivity index (χ1v) is 8.80. The van der Waals surface area contributed by atoms with Crippen LogP contribution in [0.3, 0.4) is 0 Å². The Balaban J connectivity index is 1.63. The molecular weight excluding hydrogens is 308 g/mol. The molecule has 0 aliphatic carbocycles. The molecule has 130 valence electrons. The van der Waals surface area contributed by atoms with Gasteiger partial charge >= 0.3 is 0 Å². The summed E-state index contributed by atoms with van der Waals surface area (Å²) in [7, 11) is 0. The van der Waals surface area contributed by atoms with Gasteiger partial charge in [-0.3, -0.25) is 4.79 Å². The minimum absolute atomic E-state index is 0.0189. The van der Waals surface area contributed by atoms with Gasteiger partial charge in [-0.1, -0.05) is 51.1 Å². The molecule has 1 amide bonds. The highest BCUT2D eigenvalue weighted by Crippen LogP contribution is 2.22. The minimum Gasteiger partial charge on any atom is -0.350 e. The van der Waals surface area contributed by atoms with Gasteiger partial charge in [-0.25, -0.2) is 0 Å². The van der Waals surface area contributed by atoms with Crippen molar-refractivity contribution in [3.8, 4) is 0 Å². The van der Waals surface area contributed by atoms with E-state index in [0.717, 1.165) is 6.54 Å². The molecule has 0 aliphatic heterocycles. The molecule has 0 bridgehead atoms. The third-order valence-corrected chi connectivity index (χ3v) is 4.65. The fraction of sp³-hybridized carbons (Fsp3) is 0.318. The number of nitrogens with one attached hydrogen (secondary N) is 1. The molecule has 25 heavy (non-hydrogen) atoms. The zero-order valence-corrected chi connectivity index (χ0v) is 15.5. The number of amides is 1. The van der Waals surface area contributed by atoms with Crippen molar-refractivity contribution < 1.29 is 4.79 Å². The molecule has 2 aromatic carbocycles. The van der Waals surface area contributed by atoms with E-state index >= 15 is 0 Å². The number of nitrogens with zero attached hydrogens (tertiary/aromatic N) is 1. The van der Waals surface area contributed by atoms with Crippen LogP contribution in [-0.2, 0) is 12.0 Å². The van der Waals surface area contributed by atoms with Gasteiger partial charge in [-0.15, -0.1) is 0 Å². The molecule has 0 saturated carbocycles. The number of para-hydroxylation sites is 1. The zero-order valence-electron chi connectivity index (χ0n) is 15.5. The first-order valence-electron chi connectivity index (χ1n) is 8.80. The lowest BCUT2D eigenvalue weighted by atomic mass is 9.87. The smallest absolute Gasteiger partial charge is 0.251 e. The third kappa shape index (κ3) is 3.76. The minimum atomic E-state index is -0.0189. The topological polar surface area (TPSA) is 34.0 Å². The summed E-state index contributed by atoms with van der Waals surface area (Å²) in [5.74, 6) is -0.0189. The molecule has 0 radical (unpaired) electrons. The van der Waals surface area contributed by atoms with Gasteiger partial charge in [0.25, 0.3) is 5.91 Å². The van der Waals surface area contributed by atoms with Crippen LogP contribution in [0.5, 0.6) is 0 Å². The highest BCUT2D eigenvalue weighted by molar-refractivity contribution is 5.94. The Kier molecular flexibility index (Phi) is 4.67. The first-order chi connectivity index (χ1) is 11.9. The molecule has 0 spiro atoms. The summed E-state index contributed by atoms with van der Waals surface area (Å²) in [6.45, 7) is 10.0. The molecule has 1 heterocycles. The number of rotatable bonds is 4. The molecule has 0 fully saturated rings. The maximum atomic E-state index is 12.4. The van der Waals surface area contributed by atoms with E-state index in [-0.39, 0.29) is 11.3 Å². The van der Waals surface area contributed by atoms with Gasteiger partial charge in [-0.2, -0.15) is 0 Å². The molecule has 0 atom stereocenters. The standard InChI is InChI=1S/C22H26N2O/c1-16-15-18-7-5-6-8-20(18)24(16)14-13-23-21(25)17-9-11-19(12-10-17)22(2,3)4/h5-12,15H,13-14H2,1-4H3,(H,23,25). The summed E-state index contributed by atoms with van der Waals surface area (Å²) in [4.78, 5) is 12.4. The van der Waals surface area contributed by atoms with Crippen LogP contribution in [0.2, 0.25) is 0 Å². The van der Waals surface area contributed by atoms with E-state index < -0.39 is 0 Å². The summed E-state index contributed by atoms with van der Waals surface area (Å²) in [6.07, 6.45) is 0. The van der Waals surface area contributed by atoms with Gasteiger partial charge in [0.05, 0.1) is 0 Å². The Labute approximate surface area is 149 Å². The number of hydrogen-bond donors (Lipinski definition) is 1. The molecule has 3 heteroatoms. The van der Waals surface area contributed by atoms with E-state index in [0.29, 0.717) is 12.1 Å². The number of carbonyl (C=O) groups excluding carboxylic acids is 1. The van der Waals surface area contributed by atoms with Crippen LogP contribution in [-0.4, -0.2) is 17.0 Å². The number of fused-ring (bicyclic) bond motifs is 1. The van der Waals surface area contributed by atoms with Crippen LogP contribution >= 0.6 is 0 Å². The summed E-state index contributed by atoms with van der Waals surface area (Å²) in [6, 6.07) is 18.4. The molecule has 3 aromatic rings. The fourth-order valence-electron chi connectivity index (χ4n) is 3.15. The molecule has 0 unspecified atom stereocenters. The normalized spacial score (nSPS) is 11.7. The molecule has 3 rings (SSSR count). The first kappa shape index (κ1) is 17.3. The average Bonchev–Trinajstić information content (AvgIpc) is 2.90. The Morgan fingerprint density at radius 3 is 2.40 bits per heavy atom. The lowest BCUT2D eigenvalue weighted by Gasteiger charge is -2.19. The number of benzene rings is 2. The maximum Gasteiger partial charge on any atom is 0.251 e. The van der Waals surface area contributed by atoms with Gasteiger partial charge in [0.15, 0.2) is 0 Å². The molecule has 1 aromatic heterocycles. The molecule has 1 N–H and O–H groups in total. The van der Waals surface area contributed by atoms with Crippen molar-refractivity contribution in [3.05, 3.63) is 71.4 Å². The van der Waals surface area contributed by atoms with E-state index in [2.05, 4.69) is 61.8 Å². The molecule has 0 aliphatic rings. The average molecular weight is 334 g/mol. The Morgan fingerprint density at radius 1 is 1.04 bits per heavy atom. The van der Waals surface area contributed by atoms with E-state index in [4.69, 9.17) is 0 Å². The quantitative estimate of drug-likeness (QED) is 0.739. The van der Waals surface area contributed by atoms with Crippen LogP contribution < -0.4 is 5.32 Å². The maximum absolute atomic E-state index is 12.4. The third-order valence-electron chi connectivity index (χ3n) is 4.65. The SMILES string of the molecule is Cc1cc2ccccc2n1CCNC(=O)c1ccc(C(C)(C)C)cc1. The van der Waals surface area contributed by atoms with Crippen molar-refractivity contribution in [2.75, 3.05) is 6.54 Å². The Hall–Kier alpha value is -2.55. The van der Waals surface area contributed by atoms with Crippen molar-refractivity contribution in [1.29, 1.82) is 0 Å². The summed E-state index contributed by atoms with van der Waals surface area (Å²) >= 11 is 0. The predicted octanol–water partition coefficient (Wildman–Crippen LogP) is 4.68. The highest BCUT2D eigenvalue weighted by Gasteiger charge is 2.14. The van der Waals surface area contributed by atoms with Gasteiger partial charge < -0.3 is 9.88 Å². The molecular formula is C22H26N2O. The monoisotopic (exact) mass is 334 g/mol. The second-order valence-electron chi connectivity index (χ2n) is 7.58. The van der Waals surface area contributed by atoms with Gasteiger partial charge in [0.2, 0.25) is 0 Å². The van der Waals surface area contributed by atoms with E-state index in [1.54, 1.807) is 0 Å². The van der Waals surface area contributed by atoms with Crippen LogP contribution in [0.15, 0.2) is 54.6 Å². The largest absolute Gasteiger partial charge is 0.350 e. The van der Waals surface area contributed by atoms with Crippen molar-refractivity contribution >= 4 is 16.8 Å². The van der Waals surface area contributed by atoms with E-state index in [1.165, 1.54) is 22.2 Å². The van der Waals surface area contributed by atoms with Crippen molar-refractivity contribution in [2.45, 2.75) is 39.7 Å². The number of carbonyl (C=O) groups is 1. The highest BCUT2D eigenvalue weighted by atomic mass is 16.1. The van der Waals surface area contributed by atoms with Crippen LogP contribution in [0.1, 0.15) is 42.4 Å². The van der Waals surface area contributed by atoms with Gasteiger partial charge in [-0.05, 0) is 47.6 Å². The predicted molar refractivity (Wildman–Crippen MR) is 104 cm³/mol. The second-order valence-corrected chi connectivity index (χ2v) is 7.58. The van der Waals surface area contributed by atoms with Crippen molar-refractivity contribution in [3.63, 3.8) is 0 Å². The van der Waals surface area contributed by atoms with Crippen LogP contribution in [0, 0.1) is 6.92 Å². The van der Waals surface area contributed by atoms with Gasteiger partial charge in [0, 0.05) is 29.9 Å². The molecule has 0 saturated heterocycles. The fourth-order valence-corrected chi connectivity index (χ4v) is 3.15. The van der Waals surface area contributed by atoms with Crippen molar-refractivity contribution in [2.24, 2.45) is 0 Å². The Bertz CT molecular complexity index is 883. The zero-order chi connectivity index (χ0) is 18.0. The lowest BCUT2D eigenvalue weighted by molar-refractivity contribution is 0.0952. The number of aromatic nitrogens is 1. The van der Waals surface area contributed by atoms with Gasteiger partial charge in [0.1, 0.15) is 0 Å². The summed E-state index contributed by atoms with van der Waals surface area (Å²) in [5.41, 5.74) is 4.47. The van der Waals surface area contributed by atoms with Crippen LogP contribution in [0.25, 0.3) is 10.9 Å². The number of aryl methyl sites for hydroxylation is 1. The summed E-state index contributed by atoms with van der Waals surface area (Å²) in [5, 5.41) is 4.27.